The molecule has 1 N–H and O–H groups in total. The molecule has 0 saturated carbocycles. The maximum absolute atomic E-state index is 5.94. The molecule has 2 heterocycles. The standard InChI is InChI=1S/C17H21ClN4O/c1-13-20-16(18)10-17(21-13)19-11-14-2-4-15(5-3-14)12-22-6-8-23-9-7-22/h2-5,10H,6-9,11-12H2,1H3,(H,19,20,21). The van der Waals surface area contributed by atoms with Crippen LogP contribution in [0.25, 0.3) is 0 Å². The minimum absolute atomic E-state index is 0.459. The smallest absolute Gasteiger partial charge is 0.134 e. The third kappa shape index (κ3) is 4.89. The van der Waals surface area contributed by atoms with E-state index in [1.807, 2.05) is 6.92 Å². The Hall–Kier alpha value is -1.69. The van der Waals surface area contributed by atoms with Crippen molar-refractivity contribution in [3.8, 4) is 0 Å². The molecule has 1 aromatic carbocycles. The summed E-state index contributed by atoms with van der Waals surface area (Å²) in [4.78, 5) is 10.8. The van der Waals surface area contributed by atoms with Gasteiger partial charge in [-0.1, -0.05) is 35.9 Å². The number of rotatable bonds is 5. The van der Waals surface area contributed by atoms with Crippen molar-refractivity contribution in [1.29, 1.82) is 0 Å². The van der Waals surface area contributed by atoms with E-state index in [0.29, 0.717) is 17.5 Å². The maximum atomic E-state index is 5.94. The van der Waals surface area contributed by atoms with Crippen LogP contribution in [0.1, 0.15) is 17.0 Å². The zero-order chi connectivity index (χ0) is 16.1. The van der Waals surface area contributed by atoms with Crippen molar-refractivity contribution in [2.75, 3.05) is 31.6 Å². The Bertz CT molecular complexity index is 621. The molecule has 6 heteroatoms. The van der Waals surface area contributed by atoms with Crippen LogP contribution in [-0.4, -0.2) is 41.2 Å². The van der Waals surface area contributed by atoms with Gasteiger partial charge in [-0.25, -0.2) is 9.97 Å². The van der Waals surface area contributed by atoms with Gasteiger partial charge in [-0.3, -0.25) is 4.90 Å². The Labute approximate surface area is 141 Å². The summed E-state index contributed by atoms with van der Waals surface area (Å²) in [5.41, 5.74) is 2.54. The lowest BCUT2D eigenvalue weighted by Crippen LogP contribution is -2.35. The molecule has 1 fully saturated rings. The Morgan fingerprint density at radius 1 is 1.13 bits per heavy atom. The quantitative estimate of drug-likeness (QED) is 0.853. The molecule has 122 valence electrons. The lowest BCUT2D eigenvalue weighted by molar-refractivity contribution is 0.0342. The van der Waals surface area contributed by atoms with E-state index in [0.717, 1.165) is 38.7 Å². The van der Waals surface area contributed by atoms with Crippen molar-refractivity contribution in [3.63, 3.8) is 0 Å². The van der Waals surface area contributed by atoms with Crippen LogP contribution in [0.3, 0.4) is 0 Å². The lowest BCUT2D eigenvalue weighted by atomic mass is 10.1. The Balaban J connectivity index is 1.54. The zero-order valence-electron chi connectivity index (χ0n) is 13.3. The van der Waals surface area contributed by atoms with Crippen LogP contribution in [-0.2, 0) is 17.8 Å². The van der Waals surface area contributed by atoms with Gasteiger partial charge in [0, 0.05) is 32.2 Å². The molecule has 0 atom stereocenters. The van der Waals surface area contributed by atoms with E-state index in [1.54, 1.807) is 6.07 Å². The van der Waals surface area contributed by atoms with Gasteiger partial charge in [-0.2, -0.15) is 0 Å². The molecule has 3 rings (SSSR count). The highest BCUT2D eigenvalue weighted by Gasteiger charge is 2.10. The Morgan fingerprint density at radius 2 is 1.83 bits per heavy atom. The molecule has 23 heavy (non-hydrogen) atoms. The van der Waals surface area contributed by atoms with Gasteiger partial charge in [0.2, 0.25) is 0 Å². The average molecular weight is 333 g/mol. The van der Waals surface area contributed by atoms with E-state index >= 15 is 0 Å². The fourth-order valence-electron chi connectivity index (χ4n) is 2.59. The SMILES string of the molecule is Cc1nc(Cl)cc(NCc2ccc(CN3CCOCC3)cc2)n1. The molecule has 1 aromatic heterocycles. The number of hydrogen-bond donors (Lipinski definition) is 1. The first kappa shape index (κ1) is 16.2. The van der Waals surface area contributed by atoms with Gasteiger partial charge in [0.15, 0.2) is 0 Å². The van der Waals surface area contributed by atoms with Crippen LogP contribution in [0, 0.1) is 6.92 Å². The minimum atomic E-state index is 0.459. The van der Waals surface area contributed by atoms with Crippen LogP contribution >= 0.6 is 11.6 Å². The van der Waals surface area contributed by atoms with Crippen LogP contribution in [0.5, 0.6) is 0 Å². The summed E-state index contributed by atoms with van der Waals surface area (Å²) in [6, 6.07) is 10.4. The van der Waals surface area contributed by atoms with Gasteiger partial charge in [-0.05, 0) is 18.1 Å². The van der Waals surface area contributed by atoms with Gasteiger partial charge in [0.05, 0.1) is 13.2 Å². The summed E-state index contributed by atoms with van der Waals surface area (Å²) in [5, 5.41) is 3.74. The van der Waals surface area contributed by atoms with E-state index in [9.17, 15) is 0 Å². The van der Waals surface area contributed by atoms with E-state index < -0.39 is 0 Å². The van der Waals surface area contributed by atoms with E-state index in [2.05, 4.69) is 44.5 Å². The first-order valence-electron chi connectivity index (χ1n) is 7.82. The molecule has 0 spiro atoms. The molecule has 1 saturated heterocycles. The molecule has 0 unspecified atom stereocenters. The second-order valence-electron chi connectivity index (χ2n) is 5.68. The van der Waals surface area contributed by atoms with Crippen LogP contribution < -0.4 is 5.32 Å². The third-order valence-corrected chi connectivity index (χ3v) is 4.01. The number of hydrogen-bond acceptors (Lipinski definition) is 5. The molecule has 0 amide bonds. The Kier molecular flexibility index (Phi) is 5.43. The number of nitrogens with one attached hydrogen (secondary N) is 1. The van der Waals surface area contributed by atoms with Crippen molar-refractivity contribution in [2.45, 2.75) is 20.0 Å². The van der Waals surface area contributed by atoms with E-state index in [1.165, 1.54) is 11.1 Å². The predicted octanol–water partition coefficient (Wildman–Crippen LogP) is 2.88. The first-order valence-corrected chi connectivity index (χ1v) is 8.20. The average Bonchev–Trinajstić information content (AvgIpc) is 2.54. The number of ether oxygens (including phenoxy) is 1. The largest absolute Gasteiger partial charge is 0.379 e. The number of morpholine rings is 1. The molecule has 1 aliphatic heterocycles. The summed E-state index contributed by atoms with van der Waals surface area (Å²) in [5.74, 6) is 1.42. The first-order chi connectivity index (χ1) is 11.2. The molecule has 1 aliphatic rings. The zero-order valence-corrected chi connectivity index (χ0v) is 14.0. The number of benzene rings is 1. The van der Waals surface area contributed by atoms with Crippen LogP contribution in [0.2, 0.25) is 5.15 Å². The Morgan fingerprint density at radius 3 is 2.52 bits per heavy atom. The number of aromatic nitrogens is 2. The fraction of sp³-hybridized carbons (Fsp3) is 0.412. The van der Waals surface area contributed by atoms with Crippen molar-refractivity contribution in [2.24, 2.45) is 0 Å². The van der Waals surface area contributed by atoms with Crippen molar-refractivity contribution in [3.05, 3.63) is 52.4 Å². The van der Waals surface area contributed by atoms with Crippen molar-refractivity contribution < 1.29 is 4.74 Å². The highest BCUT2D eigenvalue weighted by Crippen LogP contribution is 2.13. The molecule has 2 aromatic rings. The maximum Gasteiger partial charge on any atom is 0.134 e. The van der Waals surface area contributed by atoms with Gasteiger partial charge >= 0.3 is 0 Å². The summed E-state index contributed by atoms with van der Waals surface area (Å²) >= 11 is 5.94. The summed E-state index contributed by atoms with van der Waals surface area (Å²) < 4.78 is 5.38. The summed E-state index contributed by atoms with van der Waals surface area (Å²) in [6.45, 7) is 7.22. The molecule has 0 aliphatic carbocycles. The monoisotopic (exact) mass is 332 g/mol. The normalized spacial score (nSPS) is 15.6. The van der Waals surface area contributed by atoms with Gasteiger partial charge in [0.1, 0.15) is 16.8 Å². The topological polar surface area (TPSA) is 50.3 Å². The van der Waals surface area contributed by atoms with Gasteiger partial charge in [-0.15, -0.1) is 0 Å². The number of nitrogens with zero attached hydrogens (tertiary/aromatic N) is 3. The minimum Gasteiger partial charge on any atom is -0.379 e. The second kappa shape index (κ2) is 7.73. The van der Waals surface area contributed by atoms with Crippen molar-refractivity contribution in [1.82, 2.24) is 14.9 Å². The predicted molar refractivity (Wildman–Crippen MR) is 91.6 cm³/mol. The van der Waals surface area contributed by atoms with E-state index in [-0.39, 0.29) is 0 Å². The van der Waals surface area contributed by atoms with Gasteiger partial charge < -0.3 is 10.1 Å². The summed E-state index contributed by atoms with van der Waals surface area (Å²) in [6.07, 6.45) is 0. The highest BCUT2D eigenvalue weighted by atomic mass is 35.5. The lowest BCUT2D eigenvalue weighted by Gasteiger charge is -2.26. The second-order valence-corrected chi connectivity index (χ2v) is 6.07. The fourth-order valence-corrected chi connectivity index (χ4v) is 2.82. The molecule has 5 nitrogen and oxygen atoms in total. The number of aryl methyl sites for hydroxylation is 1. The van der Waals surface area contributed by atoms with E-state index in [4.69, 9.17) is 16.3 Å². The van der Waals surface area contributed by atoms with Crippen LogP contribution in [0.15, 0.2) is 30.3 Å². The number of halogens is 1. The molecule has 0 radical (unpaired) electrons. The van der Waals surface area contributed by atoms with Crippen LogP contribution in [0.4, 0.5) is 5.82 Å². The summed E-state index contributed by atoms with van der Waals surface area (Å²) in [7, 11) is 0. The molecular formula is C17H21ClN4O. The van der Waals surface area contributed by atoms with Crippen molar-refractivity contribution >= 4 is 17.4 Å². The molecule has 0 bridgehead atoms. The molecular weight excluding hydrogens is 312 g/mol. The third-order valence-electron chi connectivity index (χ3n) is 3.81. The highest BCUT2D eigenvalue weighted by molar-refractivity contribution is 6.29. The van der Waals surface area contributed by atoms with Gasteiger partial charge in [0.25, 0.3) is 0 Å². The number of anilines is 1.